The average Bonchev–Trinajstić information content (AvgIpc) is 2.29. The maximum Gasteiger partial charge on any atom is 0.239 e. The predicted molar refractivity (Wildman–Crippen MR) is 64.7 cm³/mol. The molecule has 2 rings (SSSR count). The molecule has 0 saturated heterocycles. The minimum absolute atomic E-state index is 0.0516. The van der Waals surface area contributed by atoms with Crippen LogP contribution in [-0.2, 0) is 10.0 Å². The molecule has 0 bridgehead atoms. The van der Waals surface area contributed by atoms with Crippen molar-refractivity contribution in [2.75, 3.05) is 11.0 Å². The van der Waals surface area contributed by atoms with Crippen LogP contribution < -0.4 is 4.72 Å². The van der Waals surface area contributed by atoms with Gasteiger partial charge in [-0.05, 0) is 12.1 Å². The molecule has 0 fully saturated rings. The van der Waals surface area contributed by atoms with E-state index in [9.17, 15) is 12.8 Å². The summed E-state index contributed by atoms with van der Waals surface area (Å²) in [5, 5.41) is 0. The number of halogens is 1. The van der Waals surface area contributed by atoms with Crippen molar-refractivity contribution in [3.8, 4) is 11.3 Å². The Morgan fingerprint density at radius 2 is 2.06 bits per heavy atom. The molecular formula is C11H9FN3O2S. The van der Waals surface area contributed by atoms with Crippen molar-refractivity contribution < 1.29 is 12.8 Å². The van der Waals surface area contributed by atoms with Crippen LogP contribution in [0.25, 0.3) is 11.3 Å². The SMILES string of the molecule is CS(=O)(=O)Nc1ccc[c]c1-c1nccnc1F. The molecule has 0 spiro atoms. The van der Waals surface area contributed by atoms with Crippen LogP contribution in [0.5, 0.6) is 0 Å². The molecule has 0 atom stereocenters. The Hall–Kier alpha value is -2.02. The standard InChI is InChI=1S/C11H9FN3O2S/c1-18(16,17)15-9-5-3-2-4-8(9)10-11(12)14-7-6-13-10/h2-3,5-7,15H,1H3. The first kappa shape index (κ1) is 12.4. The molecule has 1 heterocycles. The van der Waals surface area contributed by atoms with Crippen LogP contribution in [0.4, 0.5) is 10.1 Å². The number of hydrogen-bond acceptors (Lipinski definition) is 4. The number of sulfonamides is 1. The molecule has 1 aromatic heterocycles. The zero-order valence-corrected chi connectivity index (χ0v) is 10.2. The fourth-order valence-electron chi connectivity index (χ4n) is 1.41. The lowest BCUT2D eigenvalue weighted by molar-refractivity contribution is 0.581. The third-order valence-electron chi connectivity index (χ3n) is 2.04. The van der Waals surface area contributed by atoms with Crippen LogP contribution in [0.1, 0.15) is 0 Å². The molecule has 2 aromatic rings. The van der Waals surface area contributed by atoms with E-state index < -0.39 is 16.0 Å². The van der Waals surface area contributed by atoms with Gasteiger partial charge in [-0.3, -0.25) is 4.72 Å². The van der Waals surface area contributed by atoms with Crippen LogP contribution in [0, 0.1) is 12.0 Å². The molecule has 0 aliphatic heterocycles. The number of benzene rings is 1. The molecule has 5 nitrogen and oxygen atoms in total. The summed E-state index contributed by atoms with van der Waals surface area (Å²) in [4.78, 5) is 7.30. The molecule has 1 radical (unpaired) electrons. The summed E-state index contributed by atoms with van der Waals surface area (Å²) < 4.78 is 38.2. The van der Waals surface area contributed by atoms with E-state index in [-0.39, 0.29) is 16.9 Å². The molecule has 0 aliphatic carbocycles. The van der Waals surface area contributed by atoms with Crippen molar-refractivity contribution in [3.05, 3.63) is 42.6 Å². The van der Waals surface area contributed by atoms with Gasteiger partial charge in [0.25, 0.3) is 0 Å². The van der Waals surface area contributed by atoms with E-state index in [4.69, 9.17) is 0 Å². The van der Waals surface area contributed by atoms with Crippen LogP contribution in [0.2, 0.25) is 0 Å². The highest BCUT2D eigenvalue weighted by Crippen LogP contribution is 2.27. The highest BCUT2D eigenvalue weighted by molar-refractivity contribution is 7.92. The van der Waals surface area contributed by atoms with Gasteiger partial charge in [0.05, 0.1) is 11.9 Å². The summed E-state index contributed by atoms with van der Waals surface area (Å²) in [6.45, 7) is 0. The number of nitrogens with zero attached hydrogens (tertiary/aromatic N) is 2. The van der Waals surface area contributed by atoms with Gasteiger partial charge in [0.2, 0.25) is 16.0 Å². The maximum absolute atomic E-state index is 13.5. The molecule has 0 amide bonds. The minimum atomic E-state index is -3.46. The van der Waals surface area contributed by atoms with Gasteiger partial charge in [0.15, 0.2) is 0 Å². The topological polar surface area (TPSA) is 72.0 Å². The number of nitrogens with one attached hydrogen (secondary N) is 1. The van der Waals surface area contributed by atoms with Gasteiger partial charge in [0, 0.05) is 18.0 Å². The largest absolute Gasteiger partial charge is 0.283 e. The summed E-state index contributed by atoms with van der Waals surface area (Å²) in [6, 6.07) is 7.38. The zero-order valence-electron chi connectivity index (χ0n) is 9.38. The second-order valence-electron chi connectivity index (χ2n) is 3.53. The molecule has 18 heavy (non-hydrogen) atoms. The van der Waals surface area contributed by atoms with E-state index >= 15 is 0 Å². The number of hydrogen-bond donors (Lipinski definition) is 1. The molecule has 93 valence electrons. The molecule has 1 N–H and O–H groups in total. The fourth-order valence-corrected chi connectivity index (χ4v) is 1.98. The average molecular weight is 266 g/mol. The monoisotopic (exact) mass is 266 g/mol. The number of rotatable bonds is 3. The summed E-state index contributed by atoms with van der Waals surface area (Å²) in [7, 11) is -3.46. The lowest BCUT2D eigenvalue weighted by Gasteiger charge is -2.09. The van der Waals surface area contributed by atoms with E-state index in [1.807, 2.05) is 0 Å². The van der Waals surface area contributed by atoms with Gasteiger partial charge in [-0.15, -0.1) is 0 Å². The maximum atomic E-state index is 13.5. The van der Waals surface area contributed by atoms with E-state index in [1.54, 1.807) is 6.07 Å². The molecule has 1 aromatic carbocycles. The van der Waals surface area contributed by atoms with E-state index in [0.29, 0.717) is 0 Å². The van der Waals surface area contributed by atoms with Crippen LogP contribution in [0.15, 0.2) is 30.6 Å². The molecule has 0 unspecified atom stereocenters. The Labute approximate surface area is 104 Å². The Kier molecular flexibility index (Phi) is 3.24. The highest BCUT2D eigenvalue weighted by Gasteiger charge is 2.13. The summed E-state index contributed by atoms with van der Waals surface area (Å²) in [5.74, 6) is -0.781. The first-order valence-corrected chi connectivity index (χ1v) is 6.82. The Balaban J connectivity index is 2.56. The smallest absolute Gasteiger partial charge is 0.239 e. The third-order valence-corrected chi connectivity index (χ3v) is 2.63. The second-order valence-corrected chi connectivity index (χ2v) is 5.28. The Morgan fingerprint density at radius 1 is 1.33 bits per heavy atom. The number of aromatic nitrogens is 2. The number of anilines is 1. The normalized spacial score (nSPS) is 11.2. The second kappa shape index (κ2) is 4.69. The molecule has 0 saturated carbocycles. The van der Waals surface area contributed by atoms with Crippen molar-refractivity contribution in [2.24, 2.45) is 0 Å². The van der Waals surface area contributed by atoms with Crippen LogP contribution in [0.3, 0.4) is 0 Å². The predicted octanol–water partition coefficient (Wildman–Crippen LogP) is 1.45. The molecular weight excluding hydrogens is 257 g/mol. The van der Waals surface area contributed by atoms with Gasteiger partial charge < -0.3 is 0 Å². The molecule has 7 heteroatoms. The van der Waals surface area contributed by atoms with Gasteiger partial charge in [-0.25, -0.2) is 18.4 Å². The minimum Gasteiger partial charge on any atom is -0.283 e. The van der Waals surface area contributed by atoms with E-state index in [0.717, 1.165) is 6.26 Å². The van der Waals surface area contributed by atoms with Gasteiger partial charge >= 0.3 is 0 Å². The van der Waals surface area contributed by atoms with Crippen molar-refractivity contribution in [3.63, 3.8) is 0 Å². The van der Waals surface area contributed by atoms with E-state index in [1.165, 1.54) is 24.5 Å². The van der Waals surface area contributed by atoms with Crippen molar-refractivity contribution in [2.45, 2.75) is 0 Å². The van der Waals surface area contributed by atoms with Crippen molar-refractivity contribution >= 4 is 15.7 Å². The summed E-state index contributed by atoms with van der Waals surface area (Å²) >= 11 is 0. The van der Waals surface area contributed by atoms with Crippen LogP contribution in [-0.4, -0.2) is 24.6 Å². The Morgan fingerprint density at radius 3 is 2.72 bits per heavy atom. The lowest BCUT2D eigenvalue weighted by Crippen LogP contribution is -2.10. The summed E-state index contributed by atoms with van der Waals surface area (Å²) in [6.07, 6.45) is 3.55. The van der Waals surface area contributed by atoms with Gasteiger partial charge in [-0.2, -0.15) is 4.39 Å². The van der Waals surface area contributed by atoms with Crippen molar-refractivity contribution in [1.29, 1.82) is 0 Å². The van der Waals surface area contributed by atoms with E-state index in [2.05, 4.69) is 20.8 Å². The highest BCUT2D eigenvalue weighted by atomic mass is 32.2. The quantitative estimate of drug-likeness (QED) is 0.912. The third kappa shape index (κ3) is 2.80. The first-order chi connectivity index (χ1) is 8.47. The zero-order chi connectivity index (χ0) is 13.2. The summed E-state index contributed by atoms with van der Waals surface area (Å²) in [5.41, 5.74) is 0.372. The Bertz CT molecular complexity index is 673. The fraction of sp³-hybridized carbons (Fsp3) is 0.0909. The molecule has 0 aliphatic rings. The van der Waals surface area contributed by atoms with Crippen LogP contribution >= 0.6 is 0 Å². The van der Waals surface area contributed by atoms with Gasteiger partial charge in [-0.1, -0.05) is 12.1 Å². The van der Waals surface area contributed by atoms with Crippen molar-refractivity contribution in [1.82, 2.24) is 9.97 Å². The van der Waals surface area contributed by atoms with Gasteiger partial charge in [0.1, 0.15) is 5.69 Å². The lowest BCUT2D eigenvalue weighted by atomic mass is 10.1. The first-order valence-electron chi connectivity index (χ1n) is 4.93.